The standard InChI is InChI=1S/C17H19FN4O/c18-14-9-19-17(20-10-14)21-7-5-13-3-4-16(23)22(11-12-1-2-12)15(13)6-8-21/h3-4,9-10,12H,1-2,5-8,11H2. The van der Waals surface area contributed by atoms with Crippen LogP contribution >= 0.6 is 0 Å². The van der Waals surface area contributed by atoms with Gasteiger partial charge in [-0.2, -0.15) is 0 Å². The van der Waals surface area contributed by atoms with Gasteiger partial charge in [0, 0.05) is 37.8 Å². The lowest BCUT2D eigenvalue weighted by Crippen LogP contribution is -2.28. The van der Waals surface area contributed by atoms with Crippen LogP contribution in [0, 0.1) is 11.7 Å². The second kappa shape index (κ2) is 5.76. The molecular formula is C17H19FN4O. The maximum atomic E-state index is 13.0. The normalized spacial score (nSPS) is 17.7. The fraction of sp³-hybridized carbons (Fsp3) is 0.471. The molecule has 4 rings (SSSR count). The molecule has 0 spiro atoms. The zero-order chi connectivity index (χ0) is 15.8. The first kappa shape index (κ1) is 14.4. The number of pyridine rings is 1. The lowest BCUT2D eigenvalue weighted by molar-refractivity contribution is 0.575. The minimum absolute atomic E-state index is 0.0992. The third kappa shape index (κ3) is 2.98. The largest absolute Gasteiger partial charge is 0.340 e. The summed E-state index contributed by atoms with van der Waals surface area (Å²) in [6, 6.07) is 3.64. The summed E-state index contributed by atoms with van der Waals surface area (Å²) in [5.41, 5.74) is 2.48. The van der Waals surface area contributed by atoms with E-state index < -0.39 is 5.82 Å². The lowest BCUT2D eigenvalue weighted by Gasteiger charge is -2.19. The fourth-order valence-corrected chi connectivity index (χ4v) is 3.22. The van der Waals surface area contributed by atoms with Crippen molar-refractivity contribution >= 4 is 5.95 Å². The van der Waals surface area contributed by atoms with Gasteiger partial charge in [-0.3, -0.25) is 4.79 Å². The van der Waals surface area contributed by atoms with Gasteiger partial charge in [-0.1, -0.05) is 6.07 Å². The SMILES string of the molecule is O=c1ccc2c(n1CC1CC1)CCN(c1ncc(F)cn1)CC2. The molecule has 23 heavy (non-hydrogen) atoms. The Bertz CT molecular complexity index is 767. The van der Waals surface area contributed by atoms with E-state index in [1.165, 1.54) is 30.8 Å². The molecule has 0 unspecified atom stereocenters. The smallest absolute Gasteiger partial charge is 0.250 e. The van der Waals surface area contributed by atoms with Gasteiger partial charge in [0.15, 0.2) is 5.82 Å². The van der Waals surface area contributed by atoms with Crippen LogP contribution in [0.5, 0.6) is 0 Å². The highest BCUT2D eigenvalue weighted by Gasteiger charge is 2.25. The van der Waals surface area contributed by atoms with E-state index in [9.17, 15) is 9.18 Å². The van der Waals surface area contributed by atoms with Crippen LogP contribution in [0.3, 0.4) is 0 Å². The van der Waals surface area contributed by atoms with Crippen LogP contribution in [-0.2, 0) is 19.4 Å². The van der Waals surface area contributed by atoms with Gasteiger partial charge in [0.2, 0.25) is 5.95 Å². The van der Waals surface area contributed by atoms with Crippen molar-refractivity contribution in [1.29, 1.82) is 0 Å². The lowest BCUT2D eigenvalue weighted by atomic mass is 10.1. The molecule has 0 aromatic carbocycles. The number of anilines is 1. The highest BCUT2D eigenvalue weighted by molar-refractivity contribution is 5.34. The number of hydrogen-bond acceptors (Lipinski definition) is 4. The zero-order valence-corrected chi connectivity index (χ0v) is 12.9. The van der Waals surface area contributed by atoms with Gasteiger partial charge in [0.25, 0.3) is 5.56 Å². The summed E-state index contributed by atoms with van der Waals surface area (Å²) in [5, 5.41) is 0. The van der Waals surface area contributed by atoms with Crippen LogP contribution in [0.15, 0.2) is 29.3 Å². The topological polar surface area (TPSA) is 51.0 Å². The van der Waals surface area contributed by atoms with Crippen molar-refractivity contribution in [2.45, 2.75) is 32.2 Å². The summed E-state index contributed by atoms with van der Waals surface area (Å²) < 4.78 is 15.0. The van der Waals surface area contributed by atoms with Crippen LogP contribution in [0.1, 0.15) is 24.1 Å². The maximum absolute atomic E-state index is 13.0. The molecular weight excluding hydrogens is 295 g/mol. The van der Waals surface area contributed by atoms with E-state index in [2.05, 4.69) is 14.9 Å². The van der Waals surface area contributed by atoms with Gasteiger partial charge in [0.05, 0.1) is 12.4 Å². The number of fused-ring (bicyclic) bond motifs is 1. The van der Waals surface area contributed by atoms with Gasteiger partial charge in [-0.15, -0.1) is 0 Å². The third-order valence-electron chi connectivity index (χ3n) is 4.69. The van der Waals surface area contributed by atoms with Crippen LogP contribution in [0.25, 0.3) is 0 Å². The molecule has 1 aliphatic carbocycles. The van der Waals surface area contributed by atoms with E-state index in [1.807, 2.05) is 10.6 Å². The molecule has 0 radical (unpaired) electrons. The van der Waals surface area contributed by atoms with E-state index in [4.69, 9.17) is 0 Å². The van der Waals surface area contributed by atoms with Crippen molar-refractivity contribution in [3.8, 4) is 0 Å². The minimum atomic E-state index is -0.426. The Morgan fingerprint density at radius 1 is 1.13 bits per heavy atom. The minimum Gasteiger partial charge on any atom is -0.340 e. The molecule has 0 saturated heterocycles. The summed E-state index contributed by atoms with van der Waals surface area (Å²) in [6.45, 7) is 2.36. The number of rotatable bonds is 3. The van der Waals surface area contributed by atoms with Gasteiger partial charge in [-0.05, 0) is 30.7 Å². The molecule has 0 amide bonds. The van der Waals surface area contributed by atoms with E-state index in [0.29, 0.717) is 11.9 Å². The Kier molecular flexibility index (Phi) is 3.59. The van der Waals surface area contributed by atoms with Crippen molar-refractivity contribution in [3.63, 3.8) is 0 Å². The Labute approximate surface area is 133 Å². The summed E-state index contributed by atoms with van der Waals surface area (Å²) in [5.74, 6) is 0.791. The summed E-state index contributed by atoms with van der Waals surface area (Å²) in [7, 11) is 0. The first-order valence-corrected chi connectivity index (χ1v) is 8.15. The molecule has 0 N–H and O–H groups in total. The molecule has 1 fully saturated rings. The number of halogens is 1. The first-order valence-electron chi connectivity index (χ1n) is 8.15. The molecule has 0 bridgehead atoms. The van der Waals surface area contributed by atoms with Gasteiger partial charge < -0.3 is 9.47 Å². The molecule has 1 aliphatic heterocycles. The molecule has 6 heteroatoms. The highest BCUT2D eigenvalue weighted by atomic mass is 19.1. The van der Waals surface area contributed by atoms with Gasteiger partial charge in [-0.25, -0.2) is 14.4 Å². The summed E-state index contributed by atoms with van der Waals surface area (Å²) in [4.78, 5) is 22.5. The zero-order valence-electron chi connectivity index (χ0n) is 12.9. The quantitative estimate of drug-likeness (QED) is 0.867. The van der Waals surface area contributed by atoms with Crippen molar-refractivity contribution in [3.05, 3.63) is 52.0 Å². The molecule has 3 heterocycles. The predicted octanol–water partition coefficient (Wildman–Crippen LogP) is 1.79. The summed E-state index contributed by atoms with van der Waals surface area (Å²) >= 11 is 0. The average Bonchev–Trinajstić information content (AvgIpc) is 3.37. The molecule has 120 valence electrons. The van der Waals surface area contributed by atoms with E-state index in [-0.39, 0.29) is 5.56 Å². The Balaban J connectivity index is 1.60. The van der Waals surface area contributed by atoms with E-state index in [0.717, 1.165) is 38.2 Å². The van der Waals surface area contributed by atoms with Gasteiger partial charge in [0.1, 0.15) is 0 Å². The third-order valence-corrected chi connectivity index (χ3v) is 4.69. The Hall–Kier alpha value is -2.24. The molecule has 2 aromatic heterocycles. The number of aromatic nitrogens is 3. The van der Waals surface area contributed by atoms with Crippen LogP contribution in [0.4, 0.5) is 10.3 Å². The molecule has 1 saturated carbocycles. The fourth-order valence-electron chi connectivity index (χ4n) is 3.22. The number of hydrogen-bond donors (Lipinski definition) is 0. The van der Waals surface area contributed by atoms with E-state index >= 15 is 0 Å². The van der Waals surface area contributed by atoms with Crippen LogP contribution in [0.2, 0.25) is 0 Å². The highest BCUT2D eigenvalue weighted by Crippen LogP contribution is 2.31. The first-order chi connectivity index (χ1) is 11.2. The maximum Gasteiger partial charge on any atom is 0.250 e. The van der Waals surface area contributed by atoms with Crippen molar-refractivity contribution < 1.29 is 4.39 Å². The predicted molar refractivity (Wildman–Crippen MR) is 85.0 cm³/mol. The van der Waals surface area contributed by atoms with Crippen molar-refractivity contribution in [1.82, 2.24) is 14.5 Å². The molecule has 2 aromatic rings. The second-order valence-corrected chi connectivity index (χ2v) is 6.39. The van der Waals surface area contributed by atoms with Crippen molar-refractivity contribution in [2.75, 3.05) is 18.0 Å². The average molecular weight is 314 g/mol. The van der Waals surface area contributed by atoms with Gasteiger partial charge >= 0.3 is 0 Å². The number of nitrogens with zero attached hydrogens (tertiary/aromatic N) is 4. The Morgan fingerprint density at radius 3 is 2.61 bits per heavy atom. The van der Waals surface area contributed by atoms with Crippen LogP contribution < -0.4 is 10.5 Å². The van der Waals surface area contributed by atoms with Crippen LogP contribution in [-0.4, -0.2) is 27.6 Å². The van der Waals surface area contributed by atoms with E-state index in [1.54, 1.807) is 6.07 Å². The molecule has 2 aliphatic rings. The summed E-state index contributed by atoms with van der Waals surface area (Å²) in [6.07, 6.45) is 6.49. The Morgan fingerprint density at radius 2 is 1.87 bits per heavy atom. The van der Waals surface area contributed by atoms with Crippen molar-refractivity contribution in [2.24, 2.45) is 5.92 Å². The molecule has 5 nitrogen and oxygen atoms in total. The second-order valence-electron chi connectivity index (χ2n) is 6.39. The monoisotopic (exact) mass is 314 g/mol. The molecule has 0 atom stereocenters.